The molecule has 29 heavy (non-hydrogen) atoms. The first-order valence-corrected chi connectivity index (χ1v) is 10.6. The lowest BCUT2D eigenvalue weighted by Gasteiger charge is -2.34. The third kappa shape index (κ3) is 4.91. The summed E-state index contributed by atoms with van der Waals surface area (Å²) < 4.78 is 39.9. The summed E-state index contributed by atoms with van der Waals surface area (Å²) in [5.41, 5.74) is 1.02. The fraction of sp³-hybridized carbons (Fsp3) is 0.300. The van der Waals surface area contributed by atoms with Crippen LogP contribution in [0.5, 0.6) is 0 Å². The number of amides is 2. The molecule has 1 saturated heterocycles. The molecule has 0 atom stereocenters. The van der Waals surface area contributed by atoms with Crippen LogP contribution < -0.4 is 5.32 Å². The molecule has 1 fully saturated rings. The van der Waals surface area contributed by atoms with E-state index in [4.69, 9.17) is 5.26 Å². The highest BCUT2D eigenvalue weighted by Crippen LogP contribution is 2.21. The molecule has 152 valence electrons. The van der Waals surface area contributed by atoms with Crippen molar-refractivity contribution in [3.05, 3.63) is 65.5 Å². The number of carbonyl (C=O) groups excluding carboxylic acids is 1. The van der Waals surface area contributed by atoms with Crippen molar-refractivity contribution in [1.29, 1.82) is 5.26 Å². The second kappa shape index (κ2) is 9.03. The third-order valence-electron chi connectivity index (χ3n) is 4.75. The molecule has 0 aromatic heterocycles. The van der Waals surface area contributed by atoms with Crippen molar-refractivity contribution >= 4 is 16.1 Å². The van der Waals surface area contributed by atoms with Crippen LogP contribution in [0.4, 0.5) is 9.18 Å². The topological polar surface area (TPSA) is 93.5 Å². The molecule has 0 bridgehead atoms. The first-order chi connectivity index (χ1) is 13.9. The molecule has 3 rings (SSSR count). The number of benzene rings is 2. The molecule has 2 aromatic carbocycles. The summed E-state index contributed by atoms with van der Waals surface area (Å²) >= 11 is 0. The van der Waals surface area contributed by atoms with Crippen LogP contribution in [-0.4, -0.2) is 56.4 Å². The summed E-state index contributed by atoms with van der Waals surface area (Å²) in [6.07, 6.45) is 0.575. The molecule has 0 spiro atoms. The maximum atomic E-state index is 12.9. The van der Waals surface area contributed by atoms with E-state index in [9.17, 15) is 17.6 Å². The Morgan fingerprint density at radius 2 is 1.72 bits per heavy atom. The number of sulfonamides is 1. The number of carbonyl (C=O) groups is 1. The largest absolute Gasteiger partial charge is 0.338 e. The number of piperazine rings is 1. The maximum absolute atomic E-state index is 12.9. The van der Waals surface area contributed by atoms with Gasteiger partial charge in [-0.2, -0.15) is 9.57 Å². The van der Waals surface area contributed by atoms with Crippen LogP contribution in [0.3, 0.4) is 0 Å². The van der Waals surface area contributed by atoms with E-state index >= 15 is 0 Å². The molecule has 2 amide bonds. The summed E-state index contributed by atoms with van der Waals surface area (Å²) in [5, 5.41) is 12.0. The van der Waals surface area contributed by atoms with Gasteiger partial charge in [0.05, 0.1) is 10.5 Å². The van der Waals surface area contributed by atoms with Crippen molar-refractivity contribution in [1.82, 2.24) is 14.5 Å². The van der Waals surface area contributed by atoms with Gasteiger partial charge in [-0.3, -0.25) is 0 Å². The Morgan fingerprint density at radius 3 is 2.38 bits per heavy atom. The van der Waals surface area contributed by atoms with E-state index in [1.54, 1.807) is 29.2 Å². The highest BCUT2D eigenvalue weighted by molar-refractivity contribution is 7.89. The Labute approximate surface area is 169 Å². The summed E-state index contributed by atoms with van der Waals surface area (Å²) in [6.45, 7) is 1.24. The molecular weight excluding hydrogens is 395 g/mol. The van der Waals surface area contributed by atoms with Crippen molar-refractivity contribution < 1.29 is 17.6 Å². The molecule has 1 aliphatic heterocycles. The first-order valence-electron chi connectivity index (χ1n) is 9.18. The number of nitriles is 1. The van der Waals surface area contributed by atoms with Crippen LogP contribution >= 0.6 is 0 Å². The zero-order valence-electron chi connectivity index (χ0n) is 15.7. The van der Waals surface area contributed by atoms with Crippen LogP contribution in [0.1, 0.15) is 11.1 Å². The minimum Gasteiger partial charge on any atom is -0.338 e. The molecule has 7 nitrogen and oxygen atoms in total. The molecule has 1 heterocycles. The normalized spacial score (nSPS) is 15.0. The van der Waals surface area contributed by atoms with Gasteiger partial charge in [-0.1, -0.05) is 24.3 Å². The smallest absolute Gasteiger partial charge is 0.317 e. The van der Waals surface area contributed by atoms with Gasteiger partial charge in [0.25, 0.3) is 0 Å². The highest BCUT2D eigenvalue weighted by atomic mass is 32.2. The summed E-state index contributed by atoms with van der Waals surface area (Å²) in [5.74, 6) is -0.303. The zero-order valence-corrected chi connectivity index (χ0v) is 16.5. The number of halogens is 1. The Morgan fingerprint density at radius 1 is 1.07 bits per heavy atom. The maximum Gasteiger partial charge on any atom is 0.317 e. The molecule has 0 radical (unpaired) electrons. The SMILES string of the molecule is N#Cc1ccccc1S(=O)(=O)N1CCN(C(=O)NCCc2ccc(F)cc2)CC1. The van der Waals surface area contributed by atoms with Crippen molar-refractivity contribution in [3.8, 4) is 6.07 Å². The molecule has 0 aliphatic carbocycles. The zero-order chi connectivity index (χ0) is 20.9. The first kappa shape index (κ1) is 20.8. The summed E-state index contributed by atoms with van der Waals surface area (Å²) in [7, 11) is -3.79. The second-order valence-corrected chi connectivity index (χ2v) is 8.51. The summed E-state index contributed by atoms with van der Waals surface area (Å²) in [6, 6.07) is 13.8. The van der Waals surface area contributed by atoms with E-state index in [0.29, 0.717) is 13.0 Å². The van der Waals surface area contributed by atoms with Crippen LogP contribution in [-0.2, 0) is 16.4 Å². The van der Waals surface area contributed by atoms with Crippen molar-refractivity contribution in [2.45, 2.75) is 11.3 Å². The number of nitrogens with zero attached hydrogens (tertiary/aromatic N) is 3. The number of hydrogen-bond donors (Lipinski definition) is 1. The van der Waals surface area contributed by atoms with E-state index in [1.807, 2.05) is 6.07 Å². The molecular formula is C20H21FN4O3S. The quantitative estimate of drug-likeness (QED) is 0.806. The van der Waals surface area contributed by atoms with Gasteiger partial charge in [0.1, 0.15) is 11.9 Å². The fourth-order valence-corrected chi connectivity index (χ4v) is 4.70. The lowest BCUT2D eigenvalue weighted by molar-refractivity contribution is 0.172. The molecule has 9 heteroatoms. The van der Waals surface area contributed by atoms with E-state index in [2.05, 4.69) is 5.32 Å². The molecule has 0 saturated carbocycles. The minimum atomic E-state index is -3.79. The van der Waals surface area contributed by atoms with E-state index in [0.717, 1.165) is 5.56 Å². The standard InChI is InChI=1S/C20H21FN4O3S/c21-18-7-5-16(6-8-18)9-10-23-20(26)24-11-13-25(14-12-24)29(27,28)19-4-2-1-3-17(19)15-22/h1-8H,9-14H2,(H,23,26). The predicted octanol–water partition coefficient (Wildman–Crippen LogP) is 1.96. The van der Waals surface area contributed by atoms with Gasteiger partial charge < -0.3 is 10.2 Å². The van der Waals surface area contributed by atoms with E-state index in [-0.39, 0.29) is 48.5 Å². The lowest BCUT2D eigenvalue weighted by atomic mass is 10.1. The molecule has 1 aliphatic rings. The van der Waals surface area contributed by atoms with Crippen LogP contribution in [0.25, 0.3) is 0 Å². The van der Waals surface area contributed by atoms with Crippen LogP contribution in [0, 0.1) is 17.1 Å². The Bertz CT molecular complexity index is 1010. The molecule has 1 N–H and O–H groups in total. The third-order valence-corrected chi connectivity index (χ3v) is 6.71. The van der Waals surface area contributed by atoms with Crippen LogP contribution in [0.15, 0.2) is 53.4 Å². The highest BCUT2D eigenvalue weighted by Gasteiger charge is 2.31. The molecule has 2 aromatic rings. The average Bonchev–Trinajstić information content (AvgIpc) is 2.75. The number of nitrogens with one attached hydrogen (secondary N) is 1. The van der Waals surface area contributed by atoms with E-state index in [1.165, 1.54) is 28.6 Å². The van der Waals surface area contributed by atoms with Gasteiger partial charge >= 0.3 is 6.03 Å². The van der Waals surface area contributed by atoms with E-state index < -0.39 is 10.0 Å². The predicted molar refractivity (Wildman–Crippen MR) is 105 cm³/mol. The monoisotopic (exact) mass is 416 g/mol. The van der Waals surface area contributed by atoms with Gasteiger partial charge in [-0.25, -0.2) is 17.6 Å². The molecule has 0 unspecified atom stereocenters. The van der Waals surface area contributed by atoms with Crippen molar-refractivity contribution in [2.24, 2.45) is 0 Å². The van der Waals surface area contributed by atoms with Crippen molar-refractivity contribution in [3.63, 3.8) is 0 Å². The number of urea groups is 1. The fourth-order valence-electron chi connectivity index (χ4n) is 3.13. The van der Waals surface area contributed by atoms with Gasteiger partial charge in [-0.05, 0) is 36.2 Å². The minimum absolute atomic E-state index is 0.0142. The van der Waals surface area contributed by atoms with Crippen molar-refractivity contribution in [2.75, 3.05) is 32.7 Å². The Kier molecular flexibility index (Phi) is 6.46. The van der Waals surface area contributed by atoms with Gasteiger partial charge in [-0.15, -0.1) is 0 Å². The van der Waals surface area contributed by atoms with Gasteiger partial charge in [0, 0.05) is 32.7 Å². The van der Waals surface area contributed by atoms with Gasteiger partial charge in [0.2, 0.25) is 10.0 Å². The number of hydrogen-bond acceptors (Lipinski definition) is 4. The van der Waals surface area contributed by atoms with Gasteiger partial charge in [0.15, 0.2) is 0 Å². The summed E-state index contributed by atoms with van der Waals surface area (Å²) in [4.78, 5) is 13.9. The lowest BCUT2D eigenvalue weighted by Crippen LogP contribution is -2.53. The second-order valence-electron chi connectivity index (χ2n) is 6.61. The Hall–Kier alpha value is -2.96. The van der Waals surface area contributed by atoms with Crippen LogP contribution in [0.2, 0.25) is 0 Å². The number of rotatable bonds is 5. The Balaban J connectivity index is 1.52. The average molecular weight is 416 g/mol.